The third kappa shape index (κ3) is 3.78. The van der Waals surface area contributed by atoms with Crippen LogP contribution in [-0.2, 0) is 0 Å². The lowest BCUT2D eigenvalue weighted by Gasteiger charge is -2.34. The summed E-state index contributed by atoms with van der Waals surface area (Å²) in [5, 5.41) is 2.80. The molecule has 2 aromatic rings. The van der Waals surface area contributed by atoms with Crippen molar-refractivity contribution in [2.45, 2.75) is 0 Å². The smallest absolute Gasteiger partial charge is 0.255 e. The van der Waals surface area contributed by atoms with Crippen molar-refractivity contribution in [3.8, 4) is 0 Å². The Kier molecular flexibility index (Phi) is 4.43. The molecule has 120 valence electrons. The number of hydrogen-bond acceptors (Lipinski definition) is 4. The number of amides is 1. The van der Waals surface area contributed by atoms with Gasteiger partial charge in [0.2, 0.25) is 5.56 Å². The van der Waals surface area contributed by atoms with Gasteiger partial charge in [0, 0.05) is 55.4 Å². The molecule has 1 aliphatic heterocycles. The standard InChI is InChI=1S/C17H20N4O2/c1-20-8-10-21(11-9-20)15-4-2-14(3-5-15)19-17(23)13-6-7-18-16(22)12-13/h2-7,12H,8-11H2,1H3,(H,18,22)(H,19,23). The molecule has 1 aromatic carbocycles. The van der Waals surface area contributed by atoms with Crippen molar-refractivity contribution >= 4 is 17.3 Å². The van der Waals surface area contributed by atoms with Crippen molar-refractivity contribution in [1.82, 2.24) is 9.88 Å². The quantitative estimate of drug-likeness (QED) is 0.898. The SMILES string of the molecule is CN1CCN(c2ccc(NC(=O)c3cc[nH]c(=O)c3)cc2)CC1. The van der Waals surface area contributed by atoms with E-state index in [4.69, 9.17) is 0 Å². The third-order valence-electron chi connectivity index (χ3n) is 4.03. The Morgan fingerprint density at radius 3 is 2.43 bits per heavy atom. The highest BCUT2D eigenvalue weighted by molar-refractivity contribution is 6.04. The summed E-state index contributed by atoms with van der Waals surface area (Å²) in [5.74, 6) is -0.288. The molecule has 0 saturated carbocycles. The maximum Gasteiger partial charge on any atom is 0.255 e. The Morgan fingerprint density at radius 1 is 1.09 bits per heavy atom. The normalized spacial score (nSPS) is 15.4. The zero-order chi connectivity index (χ0) is 16.2. The molecule has 0 bridgehead atoms. The number of benzene rings is 1. The molecule has 1 aromatic heterocycles. The first kappa shape index (κ1) is 15.3. The Labute approximate surface area is 134 Å². The predicted molar refractivity (Wildman–Crippen MR) is 91.2 cm³/mol. The van der Waals surface area contributed by atoms with Gasteiger partial charge in [0.05, 0.1) is 0 Å². The van der Waals surface area contributed by atoms with Gasteiger partial charge in [0.25, 0.3) is 5.91 Å². The monoisotopic (exact) mass is 312 g/mol. The van der Waals surface area contributed by atoms with Crippen molar-refractivity contribution in [3.05, 3.63) is 58.5 Å². The van der Waals surface area contributed by atoms with Crippen LogP contribution in [0.25, 0.3) is 0 Å². The zero-order valence-electron chi connectivity index (χ0n) is 13.1. The number of aromatic amines is 1. The van der Waals surface area contributed by atoms with Crippen LogP contribution in [0.15, 0.2) is 47.4 Å². The lowest BCUT2D eigenvalue weighted by atomic mass is 10.2. The van der Waals surface area contributed by atoms with Crippen LogP contribution in [0.1, 0.15) is 10.4 Å². The number of H-pyrrole nitrogens is 1. The average Bonchev–Trinajstić information content (AvgIpc) is 2.56. The molecule has 0 atom stereocenters. The van der Waals surface area contributed by atoms with Crippen molar-refractivity contribution in [2.24, 2.45) is 0 Å². The van der Waals surface area contributed by atoms with Gasteiger partial charge in [-0.05, 0) is 37.4 Å². The number of pyridine rings is 1. The minimum Gasteiger partial charge on any atom is -0.369 e. The molecule has 1 fully saturated rings. The molecule has 0 radical (unpaired) electrons. The summed E-state index contributed by atoms with van der Waals surface area (Å²) >= 11 is 0. The molecule has 1 amide bonds. The first-order chi connectivity index (χ1) is 11.1. The summed E-state index contributed by atoms with van der Waals surface area (Å²) in [7, 11) is 2.13. The van der Waals surface area contributed by atoms with Crippen LogP contribution in [0, 0.1) is 0 Å². The number of piperazine rings is 1. The molecule has 2 N–H and O–H groups in total. The van der Waals surface area contributed by atoms with E-state index in [2.05, 4.69) is 27.1 Å². The maximum atomic E-state index is 12.1. The van der Waals surface area contributed by atoms with Crippen molar-refractivity contribution in [1.29, 1.82) is 0 Å². The second-order valence-corrected chi connectivity index (χ2v) is 5.73. The van der Waals surface area contributed by atoms with Gasteiger partial charge in [-0.3, -0.25) is 9.59 Å². The van der Waals surface area contributed by atoms with E-state index in [0.717, 1.165) is 31.9 Å². The Balaban J connectivity index is 1.65. The van der Waals surface area contributed by atoms with Crippen LogP contribution in [0.4, 0.5) is 11.4 Å². The second-order valence-electron chi connectivity index (χ2n) is 5.73. The molecular formula is C17H20N4O2. The fourth-order valence-electron chi connectivity index (χ4n) is 2.61. The topological polar surface area (TPSA) is 68.4 Å². The van der Waals surface area contributed by atoms with Crippen LogP contribution < -0.4 is 15.8 Å². The Hall–Kier alpha value is -2.60. The highest BCUT2D eigenvalue weighted by Crippen LogP contribution is 2.19. The van der Waals surface area contributed by atoms with E-state index in [1.165, 1.54) is 12.3 Å². The molecule has 6 nitrogen and oxygen atoms in total. The number of rotatable bonds is 3. The van der Waals surface area contributed by atoms with E-state index < -0.39 is 0 Å². The van der Waals surface area contributed by atoms with E-state index >= 15 is 0 Å². The number of nitrogens with zero attached hydrogens (tertiary/aromatic N) is 2. The van der Waals surface area contributed by atoms with Crippen molar-refractivity contribution in [2.75, 3.05) is 43.4 Å². The molecule has 23 heavy (non-hydrogen) atoms. The molecule has 3 rings (SSSR count). The fraction of sp³-hybridized carbons (Fsp3) is 0.294. The molecular weight excluding hydrogens is 292 g/mol. The number of carbonyl (C=O) groups excluding carboxylic acids is 1. The summed E-state index contributed by atoms with van der Waals surface area (Å²) in [6, 6.07) is 10.7. The average molecular weight is 312 g/mol. The van der Waals surface area contributed by atoms with Crippen LogP contribution in [-0.4, -0.2) is 49.0 Å². The minimum absolute atomic E-state index is 0.288. The van der Waals surface area contributed by atoms with Gasteiger partial charge in [-0.25, -0.2) is 0 Å². The highest BCUT2D eigenvalue weighted by atomic mass is 16.2. The third-order valence-corrected chi connectivity index (χ3v) is 4.03. The largest absolute Gasteiger partial charge is 0.369 e. The number of carbonyl (C=O) groups is 1. The maximum absolute atomic E-state index is 12.1. The first-order valence-electron chi connectivity index (χ1n) is 7.65. The summed E-state index contributed by atoms with van der Waals surface area (Å²) in [4.78, 5) is 30.5. The number of hydrogen-bond donors (Lipinski definition) is 2. The van der Waals surface area contributed by atoms with E-state index in [9.17, 15) is 9.59 Å². The molecule has 0 spiro atoms. The van der Waals surface area contributed by atoms with Gasteiger partial charge in [0.15, 0.2) is 0 Å². The fourth-order valence-corrected chi connectivity index (χ4v) is 2.61. The number of nitrogens with one attached hydrogen (secondary N) is 2. The second kappa shape index (κ2) is 6.66. The lowest BCUT2D eigenvalue weighted by Crippen LogP contribution is -2.44. The number of likely N-dealkylation sites (N-methyl/N-ethyl adjacent to an activating group) is 1. The van der Waals surface area contributed by atoms with Gasteiger partial charge in [-0.2, -0.15) is 0 Å². The van der Waals surface area contributed by atoms with Crippen LogP contribution in [0.3, 0.4) is 0 Å². The highest BCUT2D eigenvalue weighted by Gasteiger charge is 2.14. The van der Waals surface area contributed by atoms with Crippen LogP contribution in [0.2, 0.25) is 0 Å². The van der Waals surface area contributed by atoms with Crippen molar-refractivity contribution in [3.63, 3.8) is 0 Å². The molecule has 1 aliphatic rings. The molecule has 0 unspecified atom stereocenters. The molecule has 0 aliphatic carbocycles. The summed E-state index contributed by atoms with van der Waals surface area (Å²) in [6.07, 6.45) is 1.47. The number of anilines is 2. The van der Waals surface area contributed by atoms with Crippen molar-refractivity contribution < 1.29 is 4.79 Å². The van der Waals surface area contributed by atoms with Gasteiger partial charge in [-0.15, -0.1) is 0 Å². The van der Waals surface area contributed by atoms with E-state index in [1.54, 1.807) is 6.07 Å². The summed E-state index contributed by atoms with van der Waals surface area (Å²) in [5.41, 5.74) is 1.93. The van der Waals surface area contributed by atoms with E-state index in [-0.39, 0.29) is 11.5 Å². The molecule has 2 heterocycles. The predicted octanol–water partition coefficient (Wildman–Crippen LogP) is 1.38. The molecule has 1 saturated heterocycles. The Morgan fingerprint density at radius 2 is 1.78 bits per heavy atom. The lowest BCUT2D eigenvalue weighted by molar-refractivity contribution is 0.102. The van der Waals surface area contributed by atoms with Gasteiger partial charge in [-0.1, -0.05) is 0 Å². The van der Waals surface area contributed by atoms with Crippen LogP contribution >= 0.6 is 0 Å². The molecule has 6 heteroatoms. The first-order valence-corrected chi connectivity index (χ1v) is 7.65. The summed E-state index contributed by atoms with van der Waals surface area (Å²) in [6.45, 7) is 4.13. The summed E-state index contributed by atoms with van der Waals surface area (Å²) < 4.78 is 0. The number of aromatic nitrogens is 1. The van der Waals surface area contributed by atoms with E-state index in [0.29, 0.717) is 11.3 Å². The Bertz CT molecular complexity index is 731. The minimum atomic E-state index is -0.289. The van der Waals surface area contributed by atoms with E-state index in [1.807, 2.05) is 24.3 Å². The van der Waals surface area contributed by atoms with Gasteiger partial charge >= 0.3 is 0 Å². The van der Waals surface area contributed by atoms with Gasteiger partial charge < -0.3 is 20.1 Å². The zero-order valence-corrected chi connectivity index (χ0v) is 13.1. The van der Waals surface area contributed by atoms with Gasteiger partial charge in [0.1, 0.15) is 0 Å². The van der Waals surface area contributed by atoms with Crippen LogP contribution in [0.5, 0.6) is 0 Å².